The van der Waals surface area contributed by atoms with Gasteiger partial charge in [-0.25, -0.2) is 4.79 Å². The number of nitrogen functional groups attached to an aromatic ring is 1. The fraction of sp³-hybridized carbons (Fsp3) is 0.500. The van der Waals surface area contributed by atoms with Crippen LogP contribution in [0.3, 0.4) is 0 Å². The summed E-state index contributed by atoms with van der Waals surface area (Å²) in [6.07, 6.45) is 3.14. The van der Waals surface area contributed by atoms with E-state index in [2.05, 4.69) is 12.2 Å². The van der Waals surface area contributed by atoms with Crippen molar-refractivity contribution >= 4 is 23.3 Å². The maximum absolute atomic E-state index is 12.4. The summed E-state index contributed by atoms with van der Waals surface area (Å²) in [5.41, 5.74) is 3.79. The van der Waals surface area contributed by atoms with Gasteiger partial charge in [-0.15, -0.1) is 0 Å². The number of hydrogen-bond acceptors (Lipinski definition) is 5. The molecule has 130 valence electrons. The topological polar surface area (TPSA) is 136 Å². The Morgan fingerprint density at radius 3 is 2.54 bits per heavy atom. The molecule has 2 rings (SSSR count). The van der Waals surface area contributed by atoms with Gasteiger partial charge in [0.1, 0.15) is 11.2 Å². The van der Waals surface area contributed by atoms with Crippen LogP contribution in [0, 0.1) is 16.0 Å². The molecule has 0 unspecified atom stereocenters. The third kappa shape index (κ3) is 3.47. The molecule has 4 N–H and O–H groups in total. The lowest BCUT2D eigenvalue weighted by atomic mass is 9.75. The summed E-state index contributed by atoms with van der Waals surface area (Å²) in [4.78, 5) is 34.4. The van der Waals surface area contributed by atoms with E-state index in [1.54, 1.807) is 0 Å². The number of amides is 1. The average Bonchev–Trinajstić information content (AvgIpc) is 2.55. The smallest absolute Gasteiger partial charge is 0.329 e. The highest BCUT2D eigenvalue weighted by molar-refractivity contribution is 5.99. The van der Waals surface area contributed by atoms with Crippen LogP contribution < -0.4 is 11.1 Å². The van der Waals surface area contributed by atoms with Crippen molar-refractivity contribution in [3.8, 4) is 0 Å². The van der Waals surface area contributed by atoms with Gasteiger partial charge in [0.05, 0.1) is 4.92 Å². The predicted molar refractivity (Wildman–Crippen MR) is 87.6 cm³/mol. The van der Waals surface area contributed by atoms with Crippen molar-refractivity contribution in [2.24, 2.45) is 5.92 Å². The van der Waals surface area contributed by atoms with Crippen LogP contribution in [-0.4, -0.2) is 27.4 Å². The minimum Gasteiger partial charge on any atom is -0.480 e. The maximum atomic E-state index is 12.4. The van der Waals surface area contributed by atoms with E-state index in [0.717, 1.165) is 25.3 Å². The lowest BCUT2D eigenvalue weighted by Gasteiger charge is -2.37. The number of benzene rings is 1. The molecule has 8 heteroatoms. The molecular weight excluding hydrogens is 314 g/mol. The molecule has 0 heterocycles. The zero-order valence-corrected chi connectivity index (χ0v) is 13.4. The largest absolute Gasteiger partial charge is 0.480 e. The molecule has 1 aromatic carbocycles. The van der Waals surface area contributed by atoms with E-state index in [-0.39, 0.29) is 16.9 Å². The Balaban J connectivity index is 2.22. The van der Waals surface area contributed by atoms with Crippen LogP contribution in [0.2, 0.25) is 0 Å². The number of nitrogens with two attached hydrogens (primary N) is 1. The van der Waals surface area contributed by atoms with Crippen LogP contribution in [0.25, 0.3) is 0 Å². The molecule has 0 radical (unpaired) electrons. The number of nitro groups is 1. The third-order valence-corrected chi connectivity index (χ3v) is 4.79. The van der Waals surface area contributed by atoms with Crippen LogP contribution in [0.5, 0.6) is 0 Å². The minimum atomic E-state index is -1.32. The molecule has 24 heavy (non-hydrogen) atoms. The van der Waals surface area contributed by atoms with E-state index in [1.165, 1.54) is 12.1 Å². The first-order valence-corrected chi connectivity index (χ1v) is 7.89. The third-order valence-electron chi connectivity index (χ3n) is 4.79. The lowest BCUT2D eigenvalue weighted by Crippen LogP contribution is -2.56. The molecule has 1 aliphatic rings. The molecule has 1 aliphatic carbocycles. The Morgan fingerprint density at radius 2 is 2.04 bits per heavy atom. The molecule has 0 saturated heterocycles. The number of carboxylic acid groups (broad SMARTS) is 1. The van der Waals surface area contributed by atoms with Gasteiger partial charge in [-0.2, -0.15) is 0 Å². The van der Waals surface area contributed by atoms with Crippen LogP contribution in [0.4, 0.5) is 11.4 Å². The monoisotopic (exact) mass is 335 g/mol. The quantitative estimate of drug-likeness (QED) is 0.429. The average molecular weight is 335 g/mol. The van der Waals surface area contributed by atoms with Gasteiger partial charge in [-0.1, -0.05) is 13.3 Å². The Morgan fingerprint density at radius 1 is 1.42 bits per heavy atom. The molecule has 0 atom stereocenters. The van der Waals surface area contributed by atoms with Crippen molar-refractivity contribution in [1.29, 1.82) is 0 Å². The summed E-state index contributed by atoms with van der Waals surface area (Å²) in [6.45, 7) is 2.06. The van der Waals surface area contributed by atoms with Gasteiger partial charge in [0.2, 0.25) is 0 Å². The molecular formula is C16H21N3O5. The first-order chi connectivity index (χ1) is 11.3. The Bertz CT molecular complexity index is 666. The first-order valence-electron chi connectivity index (χ1n) is 7.89. The highest BCUT2D eigenvalue weighted by Crippen LogP contribution is 2.34. The van der Waals surface area contributed by atoms with Crippen LogP contribution in [-0.2, 0) is 4.79 Å². The van der Waals surface area contributed by atoms with E-state index >= 15 is 0 Å². The maximum Gasteiger partial charge on any atom is 0.329 e. The normalized spacial score (nSPS) is 23.5. The summed E-state index contributed by atoms with van der Waals surface area (Å²) in [7, 11) is 0. The second-order valence-corrected chi connectivity index (χ2v) is 6.22. The number of hydrogen-bond donors (Lipinski definition) is 3. The number of nitrogens with one attached hydrogen (secondary N) is 1. The fourth-order valence-electron chi connectivity index (χ4n) is 3.10. The second kappa shape index (κ2) is 6.86. The number of carbonyl (C=O) groups is 2. The highest BCUT2D eigenvalue weighted by Gasteiger charge is 2.43. The van der Waals surface area contributed by atoms with Crippen molar-refractivity contribution in [3.63, 3.8) is 0 Å². The Kier molecular flexibility index (Phi) is 5.06. The van der Waals surface area contributed by atoms with Crippen LogP contribution in [0.15, 0.2) is 18.2 Å². The van der Waals surface area contributed by atoms with Crippen LogP contribution >= 0.6 is 0 Å². The fourth-order valence-corrected chi connectivity index (χ4v) is 3.10. The van der Waals surface area contributed by atoms with Crippen molar-refractivity contribution in [1.82, 2.24) is 5.32 Å². The van der Waals surface area contributed by atoms with E-state index in [1.807, 2.05) is 0 Å². The highest BCUT2D eigenvalue weighted by atomic mass is 16.6. The standard InChI is InChI=1S/C16H21N3O5/c1-2-10-5-7-16(8-6-10,15(21)22)18-14(20)11-3-4-12(17)13(9-11)19(23)24/h3-4,9-10H,2,5-8,17H2,1H3,(H,18,20)(H,21,22). The number of carbonyl (C=O) groups excluding carboxylic acids is 1. The molecule has 1 saturated carbocycles. The number of aliphatic carboxylic acids is 1. The molecule has 8 nitrogen and oxygen atoms in total. The van der Waals surface area contributed by atoms with Gasteiger partial charge >= 0.3 is 5.97 Å². The van der Waals surface area contributed by atoms with Gasteiger partial charge in [0.15, 0.2) is 0 Å². The summed E-state index contributed by atoms with van der Waals surface area (Å²) in [5.74, 6) is -1.25. The lowest BCUT2D eigenvalue weighted by molar-refractivity contribution is -0.383. The van der Waals surface area contributed by atoms with Crippen LogP contribution in [0.1, 0.15) is 49.4 Å². The number of carboxylic acids is 1. The summed E-state index contributed by atoms with van der Waals surface area (Å²) in [5, 5.41) is 23.1. The van der Waals surface area contributed by atoms with E-state index in [9.17, 15) is 24.8 Å². The van der Waals surface area contributed by atoms with Crippen molar-refractivity contribution in [3.05, 3.63) is 33.9 Å². The van der Waals surface area contributed by atoms with E-state index in [4.69, 9.17) is 5.73 Å². The molecule has 0 spiro atoms. The predicted octanol–water partition coefficient (Wildman–Crippen LogP) is 2.33. The number of nitro benzene ring substituents is 1. The minimum absolute atomic E-state index is 0.0224. The van der Waals surface area contributed by atoms with E-state index < -0.39 is 22.3 Å². The van der Waals surface area contributed by atoms with Crippen molar-refractivity contribution in [2.45, 2.75) is 44.6 Å². The number of nitrogens with zero attached hydrogens (tertiary/aromatic N) is 1. The zero-order valence-electron chi connectivity index (χ0n) is 13.4. The van der Waals surface area contributed by atoms with Gasteiger partial charge in [0, 0.05) is 11.6 Å². The molecule has 1 amide bonds. The molecule has 0 aliphatic heterocycles. The van der Waals surface area contributed by atoms with Gasteiger partial charge in [-0.3, -0.25) is 14.9 Å². The summed E-state index contributed by atoms with van der Waals surface area (Å²) >= 11 is 0. The van der Waals surface area contributed by atoms with Crippen molar-refractivity contribution in [2.75, 3.05) is 5.73 Å². The second-order valence-electron chi connectivity index (χ2n) is 6.22. The molecule has 0 aromatic heterocycles. The van der Waals surface area contributed by atoms with Gasteiger partial charge in [-0.05, 0) is 43.7 Å². The molecule has 1 aromatic rings. The van der Waals surface area contributed by atoms with E-state index in [0.29, 0.717) is 18.8 Å². The Hall–Kier alpha value is -2.64. The summed E-state index contributed by atoms with van der Waals surface area (Å²) in [6, 6.07) is 3.69. The summed E-state index contributed by atoms with van der Waals surface area (Å²) < 4.78 is 0. The van der Waals surface area contributed by atoms with Gasteiger partial charge in [0.25, 0.3) is 11.6 Å². The number of anilines is 1. The zero-order chi connectivity index (χ0) is 17.9. The SMILES string of the molecule is CCC1CCC(NC(=O)c2ccc(N)c([N+](=O)[O-])c2)(C(=O)O)CC1. The van der Waals surface area contributed by atoms with Gasteiger partial charge < -0.3 is 16.2 Å². The molecule has 1 fully saturated rings. The number of rotatable bonds is 5. The van der Waals surface area contributed by atoms with Crippen molar-refractivity contribution < 1.29 is 19.6 Å². The first kappa shape index (κ1) is 17.7. The molecule has 0 bridgehead atoms. The Labute approximate surface area is 139 Å².